The number of halogens is 2. The van der Waals surface area contributed by atoms with E-state index in [1.165, 1.54) is 26.3 Å². The van der Waals surface area contributed by atoms with Crippen molar-refractivity contribution in [3.05, 3.63) is 35.4 Å². The summed E-state index contributed by atoms with van der Waals surface area (Å²) in [4.78, 5) is 48.7. The molecule has 1 saturated carbocycles. The Hall–Kier alpha value is -2.58. The van der Waals surface area contributed by atoms with E-state index in [9.17, 15) is 24.3 Å². The first-order chi connectivity index (χ1) is 15.1. The van der Waals surface area contributed by atoms with Crippen molar-refractivity contribution in [1.29, 1.82) is 0 Å². The summed E-state index contributed by atoms with van der Waals surface area (Å²) in [6, 6.07) is 4.61. The highest BCUT2D eigenvalue weighted by Crippen LogP contribution is 2.65. The lowest BCUT2D eigenvalue weighted by Crippen LogP contribution is -2.60. The van der Waals surface area contributed by atoms with Crippen molar-refractivity contribution in [2.75, 3.05) is 14.2 Å². The number of aromatic hydroxyl groups is 1. The van der Waals surface area contributed by atoms with E-state index in [2.05, 4.69) is 5.32 Å². The summed E-state index contributed by atoms with van der Waals surface area (Å²) in [5.74, 6) is -4.74. The molecule has 4 aliphatic rings. The van der Waals surface area contributed by atoms with E-state index < -0.39 is 51.1 Å². The van der Waals surface area contributed by atoms with Gasteiger partial charge in [-0.1, -0.05) is 17.7 Å². The third-order valence-corrected chi connectivity index (χ3v) is 8.81. The third-order valence-electron chi connectivity index (χ3n) is 7.39. The Kier molecular flexibility index (Phi) is 4.46. The number of hydrogen-bond acceptors (Lipinski definition) is 6. The van der Waals surface area contributed by atoms with Crippen LogP contribution in [0.1, 0.15) is 24.3 Å². The summed E-state index contributed by atoms with van der Waals surface area (Å²) in [5.41, 5.74) is 1.13. The van der Waals surface area contributed by atoms with Gasteiger partial charge in [0, 0.05) is 13.0 Å². The monoisotopic (exact) mass is 478 g/mol. The maximum Gasteiger partial charge on any atom is 0.253 e. The lowest BCUT2D eigenvalue weighted by molar-refractivity contribution is -0.138. The van der Waals surface area contributed by atoms with Crippen molar-refractivity contribution in [2.45, 2.75) is 28.5 Å². The van der Waals surface area contributed by atoms with Crippen LogP contribution < -0.4 is 10.1 Å². The number of ether oxygens (including phenoxy) is 1. The molecule has 1 aromatic carbocycles. The van der Waals surface area contributed by atoms with Gasteiger partial charge < -0.3 is 9.84 Å². The molecule has 2 N–H and O–H groups in total. The number of fused-ring (bicyclic) bond motifs is 4. The van der Waals surface area contributed by atoms with Gasteiger partial charge in [-0.15, -0.1) is 23.2 Å². The molecule has 0 aromatic heterocycles. The fourth-order valence-electron chi connectivity index (χ4n) is 5.92. The Balaban J connectivity index is 1.75. The third kappa shape index (κ3) is 2.39. The largest absolute Gasteiger partial charge is 0.504 e. The Morgan fingerprint density at radius 3 is 2.50 bits per heavy atom. The molecule has 32 heavy (non-hydrogen) atoms. The van der Waals surface area contributed by atoms with Gasteiger partial charge in [-0.25, -0.2) is 0 Å². The summed E-state index contributed by atoms with van der Waals surface area (Å²) in [5, 5.41) is 12.8. The minimum atomic E-state index is -1.87. The minimum absolute atomic E-state index is 0.0562. The van der Waals surface area contributed by atoms with Crippen LogP contribution in [0.3, 0.4) is 0 Å². The number of rotatable bonds is 2. The van der Waals surface area contributed by atoms with Crippen LogP contribution in [0.2, 0.25) is 0 Å². The average molecular weight is 479 g/mol. The molecular weight excluding hydrogens is 459 g/mol. The van der Waals surface area contributed by atoms with E-state index in [1.807, 2.05) is 6.08 Å². The number of imide groups is 2. The Morgan fingerprint density at radius 1 is 1.12 bits per heavy atom. The molecule has 6 unspecified atom stereocenters. The predicted octanol–water partition coefficient (Wildman–Crippen LogP) is 1.68. The van der Waals surface area contributed by atoms with Crippen LogP contribution in [-0.4, -0.2) is 57.5 Å². The quantitative estimate of drug-likeness (QED) is 0.379. The average Bonchev–Trinajstić information content (AvgIpc) is 3.12. The van der Waals surface area contributed by atoms with Crippen molar-refractivity contribution in [2.24, 2.45) is 17.8 Å². The van der Waals surface area contributed by atoms with Crippen molar-refractivity contribution in [1.82, 2.24) is 10.2 Å². The van der Waals surface area contributed by atoms with Crippen LogP contribution in [0.5, 0.6) is 11.5 Å². The second-order valence-electron chi connectivity index (χ2n) is 8.78. The zero-order valence-corrected chi connectivity index (χ0v) is 18.7. The first-order valence-electron chi connectivity index (χ1n) is 10.2. The first-order valence-corrected chi connectivity index (χ1v) is 10.9. The normalized spacial score (nSPS) is 38.1. The summed E-state index contributed by atoms with van der Waals surface area (Å²) >= 11 is 14.0. The van der Waals surface area contributed by atoms with Gasteiger partial charge in [0.05, 0.1) is 18.9 Å². The Labute approximate surface area is 193 Å². The number of allylic oxidation sites excluding steroid dienone is 2. The van der Waals surface area contributed by atoms with Crippen LogP contribution in [0.4, 0.5) is 0 Å². The molecule has 3 fully saturated rings. The van der Waals surface area contributed by atoms with E-state index in [0.29, 0.717) is 17.6 Å². The number of nitrogens with one attached hydrogen (secondary N) is 1. The van der Waals surface area contributed by atoms with E-state index >= 15 is 0 Å². The Bertz CT molecular complexity index is 1140. The van der Waals surface area contributed by atoms with Gasteiger partial charge >= 0.3 is 0 Å². The molecule has 2 aliphatic heterocycles. The zero-order chi connectivity index (χ0) is 23.2. The number of carbonyl (C=O) groups is 4. The molecule has 0 spiro atoms. The number of phenols is 1. The maximum atomic E-state index is 13.3. The molecule has 8 nitrogen and oxygen atoms in total. The molecule has 10 heteroatoms. The molecule has 0 bridgehead atoms. The van der Waals surface area contributed by atoms with Gasteiger partial charge in [0.15, 0.2) is 21.2 Å². The highest BCUT2D eigenvalue weighted by atomic mass is 35.5. The molecular formula is C22H20Cl2N2O6. The fourth-order valence-corrected chi connectivity index (χ4v) is 6.93. The lowest BCUT2D eigenvalue weighted by Gasteiger charge is -2.50. The second kappa shape index (κ2) is 6.71. The Morgan fingerprint density at radius 2 is 1.84 bits per heavy atom. The van der Waals surface area contributed by atoms with Crippen LogP contribution in [0.15, 0.2) is 29.8 Å². The number of nitrogens with zero attached hydrogens (tertiary/aromatic N) is 1. The fraction of sp³-hybridized carbons (Fsp3) is 0.455. The van der Waals surface area contributed by atoms with Crippen molar-refractivity contribution >= 4 is 46.8 Å². The smallest absolute Gasteiger partial charge is 0.253 e. The number of methoxy groups -OCH3 is 1. The van der Waals surface area contributed by atoms with Crippen LogP contribution >= 0.6 is 23.2 Å². The highest BCUT2D eigenvalue weighted by molar-refractivity contribution is 6.53. The topological polar surface area (TPSA) is 113 Å². The first kappa shape index (κ1) is 21.3. The van der Waals surface area contributed by atoms with Gasteiger partial charge in [-0.3, -0.25) is 29.4 Å². The highest BCUT2D eigenvalue weighted by Gasteiger charge is 2.75. The second-order valence-corrected chi connectivity index (χ2v) is 10.0. The van der Waals surface area contributed by atoms with Crippen LogP contribution in [0.25, 0.3) is 0 Å². The number of benzene rings is 1. The summed E-state index contributed by atoms with van der Waals surface area (Å²) in [6.07, 6.45) is 2.07. The minimum Gasteiger partial charge on any atom is -0.504 e. The summed E-state index contributed by atoms with van der Waals surface area (Å²) in [6.45, 7) is 0. The number of phenolic OH excluding ortho intramolecular Hbond substituents is 1. The number of carbonyl (C=O) groups excluding carboxylic acids is 4. The number of amides is 4. The van der Waals surface area contributed by atoms with E-state index in [1.54, 1.807) is 6.07 Å². The van der Waals surface area contributed by atoms with Gasteiger partial charge in [0.25, 0.3) is 11.8 Å². The SMILES string of the molecule is COc1ccc(C2C3=CCC4C(=O)NC(=O)C4C3CC3(Cl)C(=O)N(C)C(=O)C23Cl)cc1O. The zero-order valence-electron chi connectivity index (χ0n) is 17.2. The van der Waals surface area contributed by atoms with Gasteiger partial charge in [-0.05, 0) is 36.5 Å². The predicted molar refractivity (Wildman–Crippen MR) is 113 cm³/mol. The number of alkyl halides is 2. The number of likely N-dealkylation sites (tertiary alicyclic amines) is 1. The van der Waals surface area contributed by atoms with Crippen LogP contribution in [-0.2, 0) is 19.2 Å². The molecule has 2 heterocycles. The lowest BCUT2D eigenvalue weighted by atomic mass is 9.56. The molecule has 5 rings (SSSR count). The van der Waals surface area contributed by atoms with Gasteiger partial charge in [-0.2, -0.15) is 0 Å². The van der Waals surface area contributed by atoms with Gasteiger partial charge in [0.1, 0.15) is 0 Å². The molecule has 4 amide bonds. The summed E-state index contributed by atoms with van der Waals surface area (Å²) in [7, 11) is 2.73. The van der Waals surface area contributed by atoms with Crippen molar-refractivity contribution in [3.63, 3.8) is 0 Å². The van der Waals surface area contributed by atoms with Crippen molar-refractivity contribution in [3.8, 4) is 11.5 Å². The molecule has 0 radical (unpaired) electrons. The van der Waals surface area contributed by atoms with Gasteiger partial charge in [0.2, 0.25) is 11.8 Å². The standard InChI is InChI=1S/C22H20Cl2N2O6/c1-26-19(30)21(23)8-12-10(4-5-11-15(12)18(29)25-17(11)28)16(22(21,24)20(26)31)9-3-6-14(32-2)13(27)7-9/h3-4,6-7,11-12,15-16,27H,5,8H2,1-2H3,(H,25,28,29). The number of hydrogen-bond donors (Lipinski definition) is 2. The molecule has 2 saturated heterocycles. The van der Waals surface area contributed by atoms with E-state index in [0.717, 1.165) is 4.90 Å². The molecule has 6 atom stereocenters. The van der Waals surface area contributed by atoms with Crippen molar-refractivity contribution < 1.29 is 29.0 Å². The summed E-state index contributed by atoms with van der Waals surface area (Å²) < 4.78 is 5.12. The molecule has 2 aliphatic carbocycles. The maximum absolute atomic E-state index is 13.3. The molecule has 168 valence electrons. The van der Waals surface area contributed by atoms with Crippen LogP contribution in [0, 0.1) is 17.8 Å². The van der Waals surface area contributed by atoms with E-state index in [4.69, 9.17) is 27.9 Å². The van der Waals surface area contributed by atoms with E-state index in [-0.39, 0.29) is 23.8 Å². The molecule has 1 aromatic rings.